The normalized spacial score (nSPS) is 17.1. The standard InChI is InChI=1S/C27H31N3O3S/c1-20-17-26(21(2)30(20)24-9-4-3-5-10-24)27(31)19-28-13-15-29(16-14-28)34(32,33)25-12-11-22-7-6-8-23(22)18-25/h3-5,9-12,17-18H,6-8,13-16,19H2,1-2H3. The van der Waals surface area contributed by atoms with E-state index in [4.69, 9.17) is 0 Å². The molecule has 1 aliphatic heterocycles. The van der Waals surface area contributed by atoms with E-state index in [0.717, 1.165) is 41.9 Å². The van der Waals surface area contributed by atoms with Crippen molar-refractivity contribution in [3.8, 4) is 5.69 Å². The Morgan fingerprint density at radius 1 is 0.882 bits per heavy atom. The molecule has 0 unspecified atom stereocenters. The van der Waals surface area contributed by atoms with E-state index < -0.39 is 10.0 Å². The number of aromatic nitrogens is 1. The Morgan fingerprint density at radius 2 is 1.59 bits per heavy atom. The summed E-state index contributed by atoms with van der Waals surface area (Å²) in [6, 6.07) is 17.6. The van der Waals surface area contributed by atoms with Gasteiger partial charge in [-0.15, -0.1) is 0 Å². The average molecular weight is 478 g/mol. The van der Waals surface area contributed by atoms with Gasteiger partial charge in [0.1, 0.15) is 0 Å². The Balaban J connectivity index is 1.24. The quantitative estimate of drug-likeness (QED) is 0.507. The monoisotopic (exact) mass is 477 g/mol. The van der Waals surface area contributed by atoms with E-state index in [-0.39, 0.29) is 5.78 Å². The third-order valence-electron chi connectivity index (χ3n) is 7.15. The Labute approximate surface area is 201 Å². The highest BCUT2D eigenvalue weighted by molar-refractivity contribution is 7.89. The van der Waals surface area contributed by atoms with Crippen molar-refractivity contribution in [2.45, 2.75) is 38.0 Å². The molecule has 1 aromatic heterocycles. The van der Waals surface area contributed by atoms with Crippen molar-refractivity contribution in [1.29, 1.82) is 0 Å². The summed E-state index contributed by atoms with van der Waals surface area (Å²) < 4.78 is 30.1. The number of fused-ring (bicyclic) bond motifs is 1. The fraction of sp³-hybridized carbons (Fsp3) is 0.370. The fourth-order valence-corrected chi connectivity index (χ4v) is 6.77. The van der Waals surface area contributed by atoms with Gasteiger partial charge in [0.05, 0.1) is 11.4 Å². The Hall–Kier alpha value is -2.74. The molecule has 1 aliphatic carbocycles. The first-order valence-corrected chi connectivity index (χ1v) is 13.4. The number of nitrogens with zero attached hydrogens (tertiary/aromatic N) is 3. The van der Waals surface area contributed by atoms with Gasteiger partial charge in [0.2, 0.25) is 10.0 Å². The zero-order chi connectivity index (χ0) is 23.9. The zero-order valence-corrected chi connectivity index (χ0v) is 20.6. The number of hydrogen-bond acceptors (Lipinski definition) is 4. The van der Waals surface area contributed by atoms with Crippen molar-refractivity contribution >= 4 is 15.8 Å². The molecule has 2 aromatic carbocycles. The lowest BCUT2D eigenvalue weighted by Crippen LogP contribution is -2.49. The van der Waals surface area contributed by atoms with E-state index in [0.29, 0.717) is 37.6 Å². The number of sulfonamides is 1. The third-order valence-corrected chi connectivity index (χ3v) is 9.05. The minimum Gasteiger partial charge on any atom is -0.318 e. The van der Waals surface area contributed by atoms with E-state index in [1.807, 2.05) is 62.4 Å². The number of rotatable bonds is 6. The zero-order valence-electron chi connectivity index (χ0n) is 19.8. The van der Waals surface area contributed by atoms with Crippen LogP contribution >= 0.6 is 0 Å². The first-order chi connectivity index (χ1) is 16.3. The maximum Gasteiger partial charge on any atom is 0.243 e. The Kier molecular flexibility index (Phi) is 6.18. The minimum absolute atomic E-state index is 0.0743. The molecule has 2 aliphatic rings. The van der Waals surface area contributed by atoms with Gasteiger partial charge in [0.15, 0.2) is 5.78 Å². The Bertz CT molecular complexity index is 1320. The van der Waals surface area contributed by atoms with Crippen molar-refractivity contribution in [2.24, 2.45) is 0 Å². The van der Waals surface area contributed by atoms with Gasteiger partial charge >= 0.3 is 0 Å². The predicted molar refractivity (Wildman–Crippen MR) is 133 cm³/mol. The molecule has 3 aromatic rings. The summed E-state index contributed by atoms with van der Waals surface area (Å²) in [7, 11) is -3.51. The van der Waals surface area contributed by atoms with Crippen molar-refractivity contribution in [1.82, 2.24) is 13.8 Å². The molecule has 1 fully saturated rings. The number of ketones is 1. The smallest absolute Gasteiger partial charge is 0.243 e. The van der Waals surface area contributed by atoms with Crippen LogP contribution in [0.1, 0.15) is 39.3 Å². The maximum atomic E-state index is 13.2. The first-order valence-electron chi connectivity index (χ1n) is 12.0. The third kappa shape index (κ3) is 4.24. The lowest BCUT2D eigenvalue weighted by molar-refractivity contribution is 0.0901. The molecule has 1 saturated heterocycles. The molecule has 7 heteroatoms. The highest BCUT2D eigenvalue weighted by Crippen LogP contribution is 2.27. The van der Waals surface area contributed by atoms with Crippen LogP contribution in [0.15, 0.2) is 59.5 Å². The van der Waals surface area contributed by atoms with E-state index in [9.17, 15) is 13.2 Å². The van der Waals surface area contributed by atoms with E-state index >= 15 is 0 Å². The SMILES string of the molecule is Cc1cc(C(=O)CN2CCN(S(=O)(=O)c3ccc4c(c3)CCC4)CC2)c(C)n1-c1ccccc1. The Morgan fingerprint density at radius 3 is 2.32 bits per heavy atom. The van der Waals surface area contributed by atoms with Crippen LogP contribution in [-0.4, -0.2) is 60.7 Å². The summed E-state index contributed by atoms with van der Waals surface area (Å²) >= 11 is 0. The second-order valence-corrected chi connectivity index (χ2v) is 11.3. The summed E-state index contributed by atoms with van der Waals surface area (Å²) in [6.07, 6.45) is 3.09. The van der Waals surface area contributed by atoms with E-state index in [1.165, 1.54) is 11.1 Å². The highest BCUT2D eigenvalue weighted by atomic mass is 32.2. The van der Waals surface area contributed by atoms with Gasteiger partial charge in [-0.1, -0.05) is 24.3 Å². The van der Waals surface area contributed by atoms with Crippen LogP contribution in [0.5, 0.6) is 0 Å². The minimum atomic E-state index is -3.51. The molecular weight excluding hydrogens is 446 g/mol. The van der Waals surface area contributed by atoms with Crippen molar-refractivity contribution in [2.75, 3.05) is 32.7 Å². The van der Waals surface area contributed by atoms with Crippen LogP contribution < -0.4 is 0 Å². The van der Waals surface area contributed by atoms with Crippen molar-refractivity contribution in [3.05, 3.63) is 82.7 Å². The van der Waals surface area contributed by atoms with Gasteiger partial charge in [0.25, 0.3) is 0 Å². The number of benzene rings is 2. The number of para-hydroxylation sites is 1. The van der Waals surface area contributed by atoms with Gasteiger partial charge in [-0.05, 0) is 74.6 Å². The molecule has 0 radical (unpaired) electrons. The van der Waals surface area contributed by atoms with Crippen LogP contribution in [0, 0.1) is 13.8 Å². The van der Waals surface area contributed by atoms with Gasteiger partial charge in [-0.2, -0.15) is 4.31 Å². The van der Waals surface area contributed by atoms with Crippen LogP contribution in [0.2, 0.25) is 0 Å². The van der Waals surface area contributed by atoms with Crippen molar-refractivity contribution in [3.63, 3.8) is 0 Å². The lowest BCUT2D eigenvalue weighted by atomic mass is 10.1. The lowest BCUT2D eigenvalue weighted by Gasteiger charge is -2.33. The van der Waals surface area contributed by atoms with Crippen LogP contribution in [0.3, 0.4) is 0 Å². The topological polar surface area (TPSA) is 62.6 Å². The van der Waals surface area contributed by atoms with Crippen LogP contribution in [-0.2, 0) is 22.9 Å². The van der Waals surface area contributed by atoms with Crippen LogP contribution in [0.4, 0.5) is 0 Å². The number of hydrogen-bond donors (Lipinski definition) is 0. The molecule has 0 N–H and O–H groups in total. The first kappa shape index (κ1) is 23.0. The van der Waals surface area contributed by atoms with Gasteiger partial charge < -0.3 is 4.57 Å². The molecule has 6 nitrogen and oxygen atoms in total. The number of aryl methyl sites for hydroxylation is 3. The molecule has 0 bridgehead atoms. The summed E-state index contributed by atoms with van der Waals surface area (Å²) in [5.41, 5.74) is 6.17. The van der Waals surface area contributed by atoms with E-state index in [1.54, 1.807) is 10.4 Å². The van der Waals surface area contributed by atoms with E-state index in [2.05, 4.69) is 9.47 Å². The molecule has 2 heterocycles. The number of Topliss-reactive ketones (excluding diaryl/α,β-unsaturated/α-hetero) is 1. The molecule has 178 valence electrons. The number of piperazine rings is 1. The van der Waals surface area contributed by atoms with Crippen molar-refractivity contribution < 1.29 is 13.2 Å². The van der Waals surface area contributed by atoms with Gasteiger partial charge in [-0.25, -0.2) is 8.42 Å². The second kappa shape index (κ2) is 9.13. The molecule has 0 saturated carbocycles. The molecule has 34 heavy (non-hydrogen) atoms. The summed E-state index contributed by atoms with van der Waals surface area (Å²) in [5.74, 6) is 0.0743. The van der Waals surface area contributed by atoms with Gasteiger partial charge in [-0.3, -0.25) is 9.69 Å². The second-order valence-electron chi connectivity index (χ2n) is 9.34. The molecular formula is C27H31N3O3S. The van der Waals surface area contributed by atoms with Gasteiger partial charge in [0, 0.05) is 48.8 Å². The highest BCUT2D eigenvalue weighted by Gasteiger charge is 2.30. The molecule has 0 spiro atoms. The predicted octanol–water partition coefficient (Wildman–Crippen LogP) is 3.77. The summed E-state index contributed by atoms with van der Waals surface area (Å²) in [5, 5.41) is 0. The molecule has 0 atom stereocenters. The average Bonchev–Trinajstić information content (AvgIpc) is 3.43. The summed E-state index contributed by atoms with van der Waals surface area (Å²) in [6.45, 7) is 6.19. The fourth-order valence-electron chi connectivity index (χ4n) is 5.29. The molecule has 0 amide bonds. The number of carbonyl (C=O) groups is 1. The summed E-state index contributed by atoms with van der Waals surface area (Å²) in [4.78, 5) is 15.6. The largest absolute Gasteiger partial charge is 0.318 e. The number of carbonyl (C=O) groups excluding carboxylic acids is 1. The van der Waals surface area contributed by atoms with Crippen LogP contribution in [0.25, 0.3) is 5.69 Å². The maximum absolute atomic E-state index is 13.2. The molecule has 5 rings (SSSR count).